The Morgan fingerprint density at radius 2 is 2.12 bits per heavy atom. The molecule has 3 aromatic rings. The van der Waals surface area contributed by atoms with Gasteiger partial charge in [-0.15, -0.1) is 0 Å². The summed E-state index contributed by atoms with van der Waals surface area (Å²) < 4.78 is 6.87. The normalized spacial score (nSPS) is 11.0. The molecule has 0 aliphatic carbocycles. The zero-order chi connectivity index (χ0) is 18.1. The molecule has 1 N–H and O–H groups in total. The van der Waals surface area contributed by atoms with Crippen LogP contribution in [0, 0.1) is 30.9 Å². The summed E-state index contributed by atoms with van der Waals surface area (Å²) in [5.74, 6) is 0.347. The van der Waals surface area contributed by atoms with Crippen LogP contribution in [0.2, 0.25) is 0 Å². The number of carbonyl (C=O) groups is 1. The Morgan fingerprint density at radius 3 is 2.80 bits per heavy atom. The van der Waals surface area contributed by atoms with E-state index in [0.29, 0.717) is 34.1 Å². The third kappa shape index (κ3) is 3.35. The van der Waals surface area contributed by atoms with Gasteiger partial charge in [0.15, 0.2) is 11.5 Å². The lowest BCUT2D eigenvalue weighted by Crippen LogP contribution is -2.15. The number of oxazole rings is 1. The highest BCUT2D eigenvalue weighted by atomic mass is 16.6. The van der Waals surface area contributed by atoms with E-state index in [1.54, 1.807) is 39.0 Å². The number of amides is 1. The Labute approximate surface area is 142 Å². The van der Waals surface area contributed by atoms with Gasteiger partial charge >= 0.3 is 5.69 Å². The third-order valence-electron chi connectivity index (χ3n) is 3.85. The maximum atomic E-state index is 12.1. The Hall–Kier alpha value is -3.23. The number of aromatic nitrogens is 3. The van der Waals surface area contributed by atoms with Crippen LogP contribution in [0.1, 0.15) is 23.7 Å². The molecule has 0 aliphatic rings. The van der Waals surface area contributed by atoms with Gasteiger partial charge in [0.05, 0.1) is 11.5 Å². The van der Waals surface area contributed by atoms with E-state index in [2.05, 4.69) is 15.4 Å². The van der Waals surface area contributed by atoms with Crippen molar-refractivity contribution in [2.75, 3.05) is 5.32 Å². The fourth-order valence-electron chi connectivity index (χ4n) is 2.72. The van der Waals surface area contributed by atoms with Crippen LogP contribution in [0.5, 0.6) is 0 Å². The number of hydrogen-bond acceptors (Lipinski definition) is 6. The van der Waals surface area contributed by atoms with Gasteiger partial charge in [-0.05, 0) is 32.0 Å². The Morgan fingerprint density at radius 1 is 1.36 bits per heavy atom. The van der Waals surface area contributed by atoms with E-state index < -0.39 is 4.92 Å². The van der Waals surface area contributed by atoms with Crippen molar-refractivity contribution in [1.29, 1.82) is 0 Å². The quantitative estimate of drug-likeness (QED) is 0.562. The van der Waals surface area contributed by atoms with E-state index in [0.717, 1.165) is 0 Å². The molecule has 130 valence electrons. The van der Waals surface area contributed by atoms with Crippen LogP contribution in [-0.2, 0) is 11.3 Å². The SMILES string of the molecule is Cc1nc2cc(NC(=O)CCn3nc(C)c([N+](=O)[O-])c3C)ccc2o1. The molecular weight excluding hydrogens is 326 g/mol. The number of carbonyl (C=O) groups excluding carboxylic acids is 1. The fourth-order valence-corrected chi connectivity index (χ4v) is 2.72. The van der Waals surface area contributed by atoms with E-state index in [-0.39, 0.29) is 24.6 Å². The van der Waals surface area contributed by atoms with Crippen LogP contribution in [-0.4, -0.2) is 25.6 Å². The molecule has 0 aliphatic heterocycles. The molecule has 1 aromatic carbocycles. The Kier molecular flexibility index (Phi) is 4.22. The molecule has 0 atom stereocenters. The van der Waals surface area contributed by atoms with Gasteiger partial charge in [0.1, 0.15) is 16.9 Å². The van der Waals surface area contributed by atoms with Gasteiger partial charge in [-0.2, -0.15) is 5.10 Å². The monoisotopic (exact) mass is 343 g/mol. The number of fused-ring (bicyclic) bond motifs is 1. The minimum atomic E-state index is -0.455. The van der Waals surface area contributed by atoms with Crippen LogP contribution in [0.3, 0.4) is 0 Å². The summed E-state index contributed by atoms with van der Waals surface area (Å²) in [6, 6.07) is 5.21. The zero-order valence-electron chi connectivity index (χ0n) is 14.1. The first-order valence-corrected chi connectivity index (χ1v) is 7.70. The summed E-state index contributed by atoms with van der Waals surface area (Å²) in [7, 11) is 0. The van der Waals surface area contributed by atoms with Gasteiger partial charge in [-0.25, -0.2) is 4.98 Å². The number of nitrogens with one attached hydrogen (secondary N) is 1. The van der Waals surface area contributed by atoms with E-state index in [4.69, 9.17) is 4.42 Å². The molecule has 0 saturated heterocycles. The number of anilines is 1. The van der Waals surface area contributed by atoms with Crippen molar-refractivity contribution in [1.82, 2.24) is 14.8 Å². The molecule has 3 rings (SSSR count). The molecular formula is C16H17N5O4. The summed E-state index contributed by atoms with van der Waals surface area (Å²) in [6.07, 6.45) is 0.148. The summed E-state index contributed by atoms with van der Waals surface area (Å²) in [6.45, 7) is 5.22. The molecule has 0 saturated carbocycles. The van der Waals surface area contributed by atoms with E-state index >= 15 is 0 Å². The topological polar surface area (TPSA) is 116 Å². The smallest absolute Gasteiger partial charge is 0.312 e. The molecule has 9 nitrogen and oxygen atoms in total. The molecule has 0 spiro atoms. The predicted octanol–water partition coefficient (Wildman–Crippen LogP) is 2.89. The summed E-state index contributed by atoms with van der Waals surface area (Å²) in [4.78, 5) is 26.9. The second-order valence-electron chi connectivity index (χ2n) is 5.71. The zero-order valence-corrected chi connectivity index (χ0v) is 14.1. The minimum absolute atomic E-state index is 0.00717. The van der Waals surface area contributed by atoms with Crippen LogP contribution >= 0.6 is 0 Å². The second-order valence-corrected chi connectivity index (χ2v) is 5.71. The molecule has 0 radical (unpaired) electrons. The first-order valence-electron chi connectivity index (χ1n) is 7.70. The molecule has 2 aromatic heterocycles. The van der Waals surface area contributed by atoms with Crippen LogP contribution in [0.4, 0.5) is 11.4 Å². The van der Waals surface area contributed by atoms with Crippen LogP contribution < -0.4 is 5.32 Å². The Balaban J connectivity index is 1.66. The van der Waals surface area contributed by atoms with Crippen molar-refractivity contribution in [2.45, 2.75) is 33.7 Å². The van der Waals surface area contributed by atoms with Crippen molar-refractivity contribution in [3.8, 4) is 0 Å². The summed E-state index contributed by atoms with van der Waals surface area (Å²) in [5, 5.41) is 17.9. The molecule has 1 amide bonds. The average molecular weight is 343 g/mol. The van der Waals surface area contributed by atoms with Gasteiger partial charge in [-0.3, -0.25) is 19.6 Å². The van der Waals surface area contributed by atoms with E-state index in [9.17, 15) is 14.9 Å². The predicted molar refractivity (Wildman–Crippen MR) is 90.3 cm³/mol. The summed E-state index contributed by atoms with van der Waals surface area (Å²) in [5.41, 5.74) is 2.72. The summed E-state index contributed by atoms with van der Waals surface area (Å²) >= 11 is 0. The third-order valence-corrected chi connectivity index (χ3v) is 3.85. The highest BCUT2D eigenvalue weighted by Crippen LogP contribution is 2.22. The first kappa shape index (κ1) is 16.6. The van der Waals surface area contributed by atoms with Gasteiger partial charge in [0.25, 0.3) is 0 Å². The number of nitro groups is 1. The van der Waals surface area contributed by atoms with Crippen molar-refractivity contribution in [3.05, 3.63) is 45.6 Å². The largest absolute Gasteiger partial charge is 0.441 e. The molecule has 0 unspecified atom stereocenters. The molecule has 25 heavy (non-hydrogen) atoms. The van der Waals surface area contributed by atoms with E-state index in [1.807, 2.05) is 0 Å². The van der Waals surface area contributed by atoms with Gasteiger partial charge in [0, 0.05) is 19.0 Å². The second kappa shape index (κ2) is 6.34. The number of rotatable bonds is 5. The van der Waals surface area contributed by atoms with Crippen molar-refractivity contribution in [2.24, 2.45) is 0 Å². The maximum absolute atomic E-state index is 12.1. The molecule has 0 fully saturated rings. The molecule has 2 heterocycles. The highest BCUT2D eigenvalue weighted by Gasteiger charge is 2.21. The standard InChI is InChI=1S/C16H17N5O4/c1-9-16(21(23)24)10(2)20(19-9)7-6-15(22)18-12-4-5-14-13(8-12)17-11(3)25-14/h4-5,8H,6-7H2,1-3H3,(H,18,22). The van der Waals surface area contributed by atoms with Crippen LogP contribution in [0.25, 0.3) is 11.1 Å². The highest BCUT2D eigenvalue weighted by molar-refractivity contribution is 5.92. The van der Waals surface area contributed by atoms with Gasteiger partial charge in [0.2, 0.25) is 5.91 Å². The maximum Gasteiger partial charge on any atom is 0.312 e. The molecule has 9 heteroatoms. The molecule has 0 bridgehead atoms. The number of benzene rings is 1. The van der Waals surface area contributed by atoms with Gasteiger partial charge < -0.3 is 9.73 Å². The van der Waals surface area contributed by atoms with Gasteiger partial charge in [-0.1, -0.05) is 0 Å². The van der Waals surface area contributed by atoms with Crippen molar-refractivity contribution >= 4 is 28.4 Å². The number of hydrogen-bond donors (Lipinski definition) is 1. The van der Waals surface area contributed by atoms with Crippen molar-refractivity contribution < 1.29 is 14.1 Å². The van der Waals surface area contributed by atoms with Crippen molar-refractivity contribution in [3.63, 3.8) is 0 Å². The Bertz CT molecular complexity index is 972. The van der Waals surface area contributed by atoms with Crippen LogP contribution in [0.15, 0.2) is 22.6 Å². The first-order chi connectivity index (χ1) is 11.8. The lowest BCUT2D eigenvalue weighted by atomic mass is 10.2. The lowest BCUT2D eigenvalue weighted by molar-refractivity contribution is -0.386. The minimum Gasteiger partial charge on any atom is -0.441 e. The fraction of sp³-hybridized carbons (Fsp3) is 0.312. The number of nitrogens with zero attached hydrogens (tertiary/aromatic N) is 4. The number of aryl methyl sites for hydroxylation is 3. The van der Waals surface area contributed by atoms with E-state index in [1.165, 1.54) is 4.68 Å². The average Bonchev–Trinajstić information content (AvgIpc) is 3.03. The lowest BCUT2D eigenvalue weighted by Gasteiger charge is -2.06.